The Morgan fingerprint density at radius 2 is 1.04 bits per heavy atom. The zero-order chi connectivity index (χ0) is 68.3. The van der Waals surface area contributed by atoms with Crippen LogP contribution in [0.25, 0.3) is 20.9 Å². The average Bonchev–Trinajstić information content (AvgIpc) is 1.78. The first-order chi connectivity index (χ1) is 43.8. The number of nitrogens with two attached hydrogens (primary N) is 1. The fourth-order valence-corrected chi connectivity index (χ4v) is 16.6. The first-order valence-corrected chi connectivity index (χ1v) is 43.7. The minimum absolute atomic E-state index is 0.0157. The molecule has 6 aromatic rings. The number of carboxylic acid groups (broad SMARTS) is 1. The highest BCUT2D eigenvalue weighted by Crippen LogP contribution is 2.41. The topological polar surface area (TPSA) is 329 Å². The minimum Gasteiger partial charge on any atom is -0.478 e. The van der Waals surface area contributed by atoms with Gasteiger partial charge in [0.2, 0.25) is 26.0 Å². The van der Waals surface area contributed by atoms with Crippen molar-refractivity contribution in [3.63, 3.8) is 0 Å². The molecule has 0 saturated heterocycles. The number of carbonyl (C=O) groups is 4. The predicted molar refractivity (Wildman–Crippen MR) is 368 cm³/mol. The largest absolute Gasteiger partial charge is 0.478 e. The number of anilines is 1. The number of benzene rings is 2. The average molecular weight is 1400 g/mol. The number of carbonyl (C=O) groups excluding carboxylic acids is 3. The van der Waals surface area contributed by atoms with Crippen molar-refractivity contribution in [2.45, 2.75) is 210 Å². The maximum atomic E-state index is 13.4. The number of aromatic nitrogens is 6. The summed E-state index contributed by atoms with van der Waals surface area (Å²) < 4.78 is 82.6. The van der Waals surface area contributed by atoms with Gasteiger partial charge in [-0.3, -0.25) is 9.36 Å². The molecule has 2 saturated carbocycles. The number of amides is 2. The molecule has 512 valence electrons. The maximum absolute atomic E-state index is 13.4. The first kappa shape index (κ1) is 75.8. The Bertz CT molecular complexity index is 3640. The molecule has 8 rings (SSSR count). The Balaban J connectivity index is 0.000000252. The summed E-state index contributed by atoms with van der Waals surface area (Å²) in [6.45, 7) is 27.2. The van der Waals surface area contributed by atoms with Crippen molar-refractivity contribution >= 4 is 88.8 Å². The van der Waals surface area contributed by atoms with Crippen LogP contribution in [0.3, 0.4) is 0 Å². The van der Waals surface area contributed by atoms with Crippen LogP contribution < -0.4 is 25.8 Å². The molecule has 0 aliphatic heterocycles. The second-order valence-corrected chi connectivity index (χ2v) is 42.9. The van der Waals surface area contributed by atoms with Crippen molar-refractivity contribution in [3.05, 3.63) is 101 Å². The summed E-state index contributed by atoms with van der Waals surface area (Å²) in [6.07, 6.45) is 15.8. The number of thiazole rings is 2. The Kier molecular flexibility index (Phi) is 28.5. The fraction of sp³-hybridized carbons (Fsp3) is 0.556. The molecule has 2 fully saturated rings. The summed E-state index contributed by atoms with van der Waals surface area (Å²) in [5.41, 5.74) is 6.72. The second-order valence-electron chi connectivity index (χ2n) is 26.0. The number of alkyl carbamates (subject to hydrolysis) is 2. The van der Waals surface area contributed by atoms with E-state index in [9.17, 15) is 41.1 Å². The Morgan fingerprint density at radius 1 is 0.624 bits per heavy atom. The number of imidazole rings is 2. The van der Waals surface area contributed by atoms with Gasteiger partial charge < -0.3 is 45.0 Å². The summed E-state index contributed by atoms with van der Waals surface area (Å²) in [6, 6.07) is 11.3. The van der Waals surface area contributed by atoms with E-state index in [0.717, 1.165) is 78.9 Å². The number of ketones is 1. The number of carboxylic acids is 1. The zero-order valence-electron chi connectivity index (χ0n) is 55.7. The molecule has 2 aromatic carbocycles. The molecule has 0 bridgehead atoms. The van der Waals surface area contributed by atoms with Crippen molar-refractivity contribution in [2.75, 3.05) is 32.0 Å². The zero-order valence-corrected chi connectivity index (χ0v) is 60.9. The van der Waals surface area contributed by atoms with Crippen molar-refractivity contribution < 1.29 is 60.1 Å². The molecule has 4 aromatic heterocycles. The summed E-state index contributed by atoms with van der Waals surface area (Å²) in [5.74, 6) is 0.0831. The standard InChI is InChI=1S/C32H47N5O6S2Si.C22H29N3O6S2.C9H19N3OSi/c1-7-35-45(40,41)29-18-24(27(38)19-30-33-14-15-37(30)21-42-16-17-46(4,5)6)10-13-26(29)28-20-34-31(44-28)23-8-11-25(12-9-23)36-32(39)43-22(2)3;1-4-24-33(29,30)19-11-15(21(26)27)7-10-17(19)18-12-23-20(32-18)14-5-8-16(9-6-14)25-22(28)31-13(2)3;1-14(2,3)7-6-13-8-12-5-4-11-9(12)10/h10,13-15,18,20,22-23,25,35H,7-9,11-12,16-17,19,21H2,1-6H3,(H,36,39);7,10-14,16,24H,4-6,8-9H2,1-3H3,(H,25,28)(H,26,27);4-5H,6-8H2,1-3H3,(H2,10,11). The van der Waals surface area contributed by atoms with Gasteiger partial charge in [0.1, 0.15) is 19.3 Å². The van der Waals surface area contributed by atoms with Crippen LogP contribution >= 0.6 is 22.7 Å². The molecule has 2 aliphatic rings. The van der Waals surface area contributed by atoms with Crippen molar-refractivity contribution in [3.8, 4) is 20.9 Å². The molecule has 93 heavy (non-hydrogen) atoms. The van der Waals surface area contributed by atoms with E-state index in [-0.39, 0.29) is 76.8 Å². The lowest BCUT2D eigenvalue weighted by Crippen LogP contribution is -2.38. The molecular weight excluding hydrogens is 1300 g/mol. The molecular formula is C63H95N11O13S4Si2. The van der Waals surface area contributed by atoms with Gasteiger partial charge in [-0.05, 0) is 109 Å². The first-order valence-electron chi connectivity index (χ1n) is 31.7. The van der Waals surface area contributed by atoms with Crippen LogP contribution in [0.15, 0.2) is 83.4 Å². The van der Waals surface area contributed by atoms with E-state index in [2.05, 4.69) is 79.3 Å². The fourth-order valence-electron chi connectivity index (χ4n) is 10.1. The smallest absolute Gasteiger partial charge is 0.407 e. The number of hydrogen-bond acceptors (Lipinski definition) is 19. The van der Waals surface area contributed by atoms with Crippen molar-refractivity contribution in [1.82, 2.24) is 49.1 Å². The van der Waals surface area contributed by atoms with Crippen LogP contribution in [-0.2, 0) is 58.9 Å². The highest BCUT2D eigenvalue weighted by Gasteiger charge is 2.31. The SMILES string of the molecule is CCNS(=O)(=O)c1cc(C(=O)Cc2nccn2COCC[Si](C)(C)C)ccc1-c1cnc(C2CCC(NC(=O)OC(C)C)CC2)s1.CCNS(=O)(=O)c1cc(C(=O)O)ccc1-c1cnc(C2CCC(NC(=O)OC(C)C)CC2)s1.C[Si](C)(C)CCOCn1ccnc1N. The Morgan fingerprint density at radius 3 is 1.45 bits per heavy atom. The minimum atomic E-state index is -3.90. The van der Waals surface area contributed by atoms with Crippen molar-refractivity contribution in [1.29, 1.82) is 0 Å². The van der Waals surface area contributed by atoms with Crippen LogP contribution in [0.5, 0.6) is 0 Å². The lowest BCUT2D eigenvalue weighted by molar-refractivity contribution is 0.0695. The van der Waals surface area contributed by atoms with Crippen LogP contribution in [0.2, 0.25) is 51.4 Å². The number of aromatic carboxylic acids is 1. The third-order valence-electron chi connectivity index (χ3n) is 15.2. The van der Waals surface area contributed by atoms with E-state index in [1.807, 2.05) is 24.6 Å². The van der Waals surface area contributed by atoms with Gasteiger partial charge in [-0.15, -0.1) is 22.7 Å². The van der Waals surface area contributed by atoms with E-state index in [4.69, 9.17) is 24.7 Å². The van der Waals surface area contributed by atoms with Gasteiger partial charge in [0.25, 0.3) is 0 Å². The second kappa shape index (κ2) is 35.0. The maximum Gasteiger partial charge on any atom is 0.407 e. The predicted octanol–water partition coefficient (Wildman–Crippen LogP) is 11.9. The van der Waals surface area contributed by atoms with Crippen molar-refractivity contribution in [2.24, 2.45) is 0 Å². The van der Waals surface area contributed by atoms with Crippen LogP contribution in [0, 0.1) is 0 Å². The van der Waals surface area contributed by atoms with E-state index in [0.29, 0.717) is 53.4 Å². The van der Waals surface area contributed by atoms with E-state index in [1.54, 1.807) is 75.4 Å². The summed E-state index contributed by atoms with van der Waals surface area (Å²) in [4.78, 5) is 67.5. The Labute approximate surface area is 558 Å². The summed E-state index contributed by atoms with van der Waals surface area (Å²) in [7, 11) is -9.96. The molecule has 0 spiro atoms. The number of nitrogens with one attached hydrogen (secondary N) is 4. The molecule has 2 aliphatic carbocycles. The number of rotatable bonds is 28. The Hall–Kier alpha value is -6.23. The van der Waals surface area contributed by atoms with E-state index >= 15 is 0 Å². The van der Waals surface area contributed by atoms with Gasteiger partial charge in [-0.1, -0.05) is 71.3 Å². The monoisotopic (exact) mass is 1400 g/mol. The molecule has 0 unspecified atom stereocenters. The van der Waals surface area contributed by atoms with E-state index in [1.165, 1.54) is 53.0 Å². The lowest BCUT2D eigenvalue weighted by Gasteiger charge is -2.28. The molecule has 0 atom stereocenters. The summed E-state index contributed by atoms with van der Waals surface area (Å²) >= 11 is 2.89. The van der Waals surface area contributed by atoms with Crippen LogP contribution in [0.1, 0.15) is 141 Å². The molecule has 24 nitrogen and oxygen atoms in total. The van der Waals surface area contributed by atoms with Gasteiger partial charge in [0.15, 0.2) is 5.78 Å². The van der Waals surface area contributed by atoms with Crippen LogP contribution in [0.4, 0.5) is 15.5 Å². The lowest BCUT2D eigenvalue weighted by atomic mass is 9.86. The molecule has 0 radical (unpaired) electrons. The number of ether oxygens (including phenoxy) is 4. The van der Waals surface area contributed by atoms with Gasteiger partial charge >= 0.3 is 18.2 Å². The highest BCUT2D eigenvalue weighted by molar-refractivity contribution is 7.90. The van der Waals surface area contributed by atoms with Gasteiger partial charge in [-0.25, -0.2) is 60.6 Å². The molecule has 4 heterocycles. The molecule has 2 amide bonds. The van der Waals surface area contributed by atoms with Gasteiger partial charge in [0, 0.05) is 120 Å². The normalized spacial score (nSPS) is 17.0. The number of nitrogens with zero attached hydrogens (tertiary/aromatic N) is 6. The number of nitrogen functional groups attached to an aromatic ring is 1. The third-order valence-corrected chi connectivity index (χ3v) is 24.1. The molecule has 30 heteroatoms. The van der Waals surface area contributed by atoms with Crippen LogP contribution in [-0.4, -0.2) is 142 Å². The number of hydrogen-bond donors (Lipinski definition) is 6. The highest BCUT2D eigenvalue weighted by atomic mass is 32.2. The summed E-state index contributed by atoms with van der Waals surface area (Å²) in [5, 5.41) is 17.0. The number of sulfonamides is 2. The number of Topliss-reactive ketones (excluding diaryl/α,β-unsaturated/α-hetero) is 1. The van der Waals surface area contributed by atoms with Gasteiger partial charge in [0.05, 0.1) is 53.8 Å². The quantitative estimate of drug-likeness (QED) is 0.0151. The molecule has 7 N–H and O–H groups in total. The van der Waals surface area contributed by atoms with Gasteiger partial charge in [-0.2, -0.15) is 0 Å². The third kappa shape index (κ3) is 24.2. The van der Waals surface area contributed by atoms with E-state index < -0.39 is 54.4 Å².